The summed E-state index contributed by atoms with van der Waals surface area (Å²) in [5.41, 5.74) is 0.549. The Labute approximate surface area is 81.6 Å². The molecule has 1 aromatic rings. The van der Waals surface area contributed by atoms with E-state index in [2.05, 4.69) is 5.32 Å². The van der Waals surface area contributed by atoms with Gasteiger partial charge >= 0.3 is 0 Å². The summed E-state index contributed by atoms with van der Waals surface area (Å²) < 4.78 is 25.4. The molecule has 0 saturated carbocycles. The number of aliphatic hydroxyl groups is 1. The third-order valence-electron chi connectivity index (χ3n) is 1.98. The minimum Gasteiger partial charge on any atom is -0.394 e. The first-order chi connectivity index (χ1) is 6.69. The Morgan fingerprint density at radius 1 is 1.36 bits per heavy atom. The fourth-order valence-electron chi connectivity index (χ4n) is 1.26. The average molecular weight is 201 g/mol. The van der Waals surface area contributed by atoms with Crippen molar-refractivity contribution in [2.45, 2.75) is 13.0 Å². The van der Waals surface area contributed by atoms with Crippen LogP contribution in [-0.2, 0) is 0 Å². The first kappa shape index (κ1) is 11.1. The lowest BCUT2D eigenvalue weighted by molar-refractivity contribution is 0.246. The second kappa shape index (κ2) is 5.02. The molecule has 0 bridgehead atoms. The molecule has 0 fully saturated rings. The van der Waals surface area contributed by atoms with Crippen LogP contribution in [0.5, 0.6) is 0 Å². The lowest BCUT2D eigenvalue weighted by atomic mass is 10.1. The summed E-state index contributed by atoms with van der Waals surface area (Å²) in [6.07, 6.45) is 0. The van der Waals surface area contributed by atoms with Gasteiger partial charge in [-0.1, -0.05) is 13.0 Å². The van der Waals surface area contributed by atoms with Gasteiger partial charge in [-0.25, -0.2) is 8.78 Å². The third kappa shape index (κ3) is 2.49. The first-order valence-corrected chi connectivity index (χ1v) is 4.48. The average Bonchev–Trinajstić information content (AvgIpc) is 2.19. The minimum atomic E-state index is -0.890. The fourth-order valence-corrected chi connectivity index (χ4v) is 1.26. The van der Waals surface area contributed by atoms with Gasteiger partial charge < -0.3 is 10.4 Å². The molecule has 0 radical (unpaired) electrons. The van der Waals surface area contributed by atoms with E-state index in [1.807, 2.05) is 6.92 Å². The van der Waals surface area contributed by atoms with Crippen LogP contribution in [0, 0.1) is 11.6 Å². The highest BCUT2D eigenvalue weighted by Crippen LogP contribution is 2.15. The quantitative estimate of drug-likeness (QED) is 0.775. The van der Waals surface area contributed by atoms with Gasteiger partial charge in [0.05, 0.1) is 12.6 Å². The lowest BCUT2D eigenvalue weighted by Crippen LogP contribution is -2.24. The number of benzene rings is 1. The summed E-state index contributed by atoms with van der Waals surface area (Å²) in [6, 6.07) is 3.28. The molecule has 2 nitrogen and oxygen atoms in total. The van der Waals surface area contributed by atoms with Gasteiger partial charge in [-0.3, -0.25) is 0 Å². The van der Waals surface area contributed by atoms with E-state index in [9.17, 15) is 8.78 Å². The van der Waals surface area contributed by atoms with Crippen molar-refractivity contribution in [1.82, 2.24) is 5.32 Å². The standard InChI is InChI=1S/C10H13F2NO/c1-2-13-10(6-14)7-3-4-8(11)9(12)5-7/h3-5,10,13-14H,2,6H2,1H3. The topological polar surface area (TPSA) is 32.3 Å². The Balaban J connectivity index is 2.88. The zero-order valence-corrected chi connectivity index (χ0v) is 7.93. The zero-order valence-electron chi connectivity index (χ0n) is 7.93. The van der Waals surface area contributed by atoms with Gasteiger partial charge in [-0.15, -0.1) is 0 Å². The predicted octanol–water partition coefficient (Wildman–Crippen LogP) is 1.61. The van der Waals surface area contributed by atoms with Crippen molar-refractivity contribution in [2.75, 3.05) is 13.2 Å². The molecule has 0 saturated heterocycles. The van der Waals surface area contributed by atoms with E-state index in [0.29, 0.717) is 12.1 Å². The summed E-state index contributed by atoms with van der Waals surface area (Å²) in [5, 5.41) is 11.9. The lowest BCUT2D eigenvalue weighted by Gasteiger charge is -2.15. The van der Waals surface area contributed by atoms with E-state index >= 15 is 0 Å². The van der Waals surface area contributed by atoms with Crippen LogP contribution >= 0.6 is 0 Å². The Bertz CT molecular complexity index is 304. The number of halogens is 2. The van der Waals surface area contributed by atoms with Crippen LogP contribution < -0.4 is 5.32 Å². The largest absolute Gasteiger partial charge is 0.394 e. The van der Waals surface area contributed by atoms with Crippen LogP contribution in [0.3, 0.4) is 0 Å². The molecule has 4 heteroatoms. The monoisotopic (exact) mass is 201 g/mol. The number of likely N-dealkylation sites (N-methyl/N-ethyl adjacent to an activating group) is 1. The van der Waals surface area contributed by atoms with E-state index in [1.165, 1.54) is 6.07 Å². The maximum Gasteiger partial charge on any atom is 0.159 e. The van der Waals surface area contributed by atoms with Gasteiger partial charge in [0.25, 0.3) is 0 Å². The van der Waals surface area contributed by atoms with E-state index < -0.39 is 11.6 Å². The SMILES string of the molecule is CCNC(CO)c1ccc(F)c(F)c1. The maximum absolute atomic E-state index is 12.8. The van der Waals surface area contributed by atoms with Crippen LogP contribution in [0.25, 0.3) is 0 Å². The van der Waals surface area contributed by atoms with Crippen molar-refractivity contribution in [3.63, 3.8) is 0 Å². The van der Waals surface area contributed by atoms with Gasteiger partial charge in [-0.05, 0) is 24.2 Å². The van der Waals surface area contributed by atoms with Crippen molar-refractivity contribution in [1.29, 1.82) is 0 Å². The molecule has 0 aliphatic rings. The summed E-state index contributed by atoms with van der Waals surface area (Å²) in [5.74, 6) is -1.76. The van der Waals surface area contributed by atoms with Crippen molar-refractivity contribution in [2.24, 2.45) is 0 Å². The van der Waals surface area contributed by atoms with Crippen molar-refractivity contribution in [3.05, 3.63) is 35.4 Å². The van der Waals surface area contributed by atoms with Crippen LogP contribution in [-0.4, -0.2) is 18.3 Å². The summed E-state index contributed by atoms with van der Waals surface area (Å²) in [7, 11) is 0. The molecule has 1 aromatic carbocycles. The highest BCUT2D eigenvalue weighted by atomic mass is 19.2. The molecular formula is C10H13F2NO. The molecule has 1 unspecified atom stereocenters. The smallest absolute Gasteiger partial charge is 0.159 e. The van der Waals surface area contributed by atoms with Gasteiger partial charge in [0.2, 0.25) is 0 Å². The molecule has 1 atom stereocenters. The van der Waals surface area contributed by atoms with Crippen molar-refractivity contribution < 1.29 is 13.9 Å². The van der Waals surface area contributed by atoms with Crippen LogP contribution in [0.4, 0.5) is 8.78 Å². The molecule has 0 heterocycles. The third-order valence-corrected chi connectivity index (χ3v) is 1.98. The first-order valence-electron chi connectivity index (χ1n) is 4.48. The van der Waals surface area contributed by atoms with E-state index in [4.69, 9.17) is 5.11 Å². The number of aliphatic hydroxyl groups excluding tert-OH is 1. The van der Waals surface area contributed by atoms with Crippen LogP contribution in [0.15, 0.2) is 18.2 Å². The Morgan fingerprint density at radius 2 is 2.07 bits per heavy atom. The summed E-state index contributed by atoms with van der Waals surface area (Å²) in [6.45, 7) is 2.39. The molecule has 0 spiro atoms. The van der Waals surface area contributed by atoms with Crippen LogP contribution in [0.1, 0.15) is 18.5 Å². The molecule has 0 aliphatic heterocycles. The second-order valence-electron chi connectivity index (χ2n) is 2.97. The number of nitrogens with one attached hydrogen (secondary N) is 1. The molecular weight excluding hydrogens is 188 g/mol. The molecule has 14 heavy (non-hydrogen) atoms. The second-order valence-corrected chi connectivity index (χ2v) is 2.97. The highest BCUT2D eigenvalue weighted by Gasteiger charge is 2.11. The molecule has 0 aliphatic carbocycles. The predicted molar refractivity (Wildman–Crippen MR) is 49.9 cm³/mol. The van der Waals surface area contributed by atoms with Gasteiger partial charge in [0, 0.05) is 0 Å². The fraction of sp³-hybridized carbons (Fsp3) is 0.400. The number of hydrogen-bond donors (Lipinski definition) is 2. The number of rotatable bonds is 4. The molecule has 1 rings (SSSR count). The van der Waals surface area contributed by atoms with Gasteiger partial charge in [0.15, 0.2) is 11.6 Å². The Hall–Kier alpha value is -1.00. The van der Waals surface area contributed by atoms with Crippen LogP contribution in [0.2, 0.25) is 0 Å². The minimum absolute atomic E-state index is 0.140. The van der Waals surface area contributed by atoms with Crippen molar-refractivity contribution >= 4 is 0 Å². The molecule has 2 N–H and O–H groups in total. The summed E-state index contributed by atoms with van der Waals surface area (Å²) in [4.78, 5) is 0. The Kier molecular flexibility index (Phi) is 3.98. The molecule has 78 valence electrons. The molecule has 0 amide bonds. The van der Waals surface area contributed by atoms with E-state index in [-0.39, 0.29) is 12.6 Å². The van der Waals surface area contributed by atoms with Gasteiger partial charge in [0.1, 0.15) is 0 Å². The Morgan fingerprint density at radius 3 is 2.57 bits per heavy atom. The maximum atomic E-state index is 12.8. The zero-order chi connectivity index (χ0) is 10.6. The number of hydrogen-bond acceptors (Lipinski definition) is 2. The normalized spacial score (nSPS) is 12.9. The van der Waals surface area contributed by atoms with E-state index in [0.717, 1.165) is 12.1 Å². The van der Waals surface area contributed by atoms with E-state index in [1.54, 1.807) is 0 Å². The highest BCUT2D eigenvalue weighted by molar-refractivity contribution is 5.21. The van der Waals surface area contributed by atoms with Crippen molar-refractivity contribution in [3.8, 4) is 0 Å². The summed E-state index contributed by atoms with van der Waals surface area (Å²) >= 11 is 0. The molecule has 0 aromatic heterocycles. The van der Waals surface area contributed by atoms with Gasteiger partial charge in [-0.2, -0.15) is 0 Å².